The van der Waals surface area contributed by atoms with Gasteiger partial charge in [0, 0.05) is 13.1 Å². The van der Waals surface area contributed by atoms with Gasteiger partial charge in [-0.05, 0) is 0 Å². The van der Waals surface area contributed by atoms with Crippen molar-refractivity contribution >= 4 is 18.4 Å². The standard InChI is InChI=1S/C5H9NO3.ClH/c7-5(8)4-3-6-1-2-9-4;/h4,6H,1-3H2,(H,7,8);1H/t4-;/m0./s1. The first-order valence-corrected chi connectivity index (χ1v) is 2.86. The zero-order valence-corrected chi connectivity index (χ0v) is 6.19. The SMILES string of the molecule is Cl.O=C(O)[C@@H]1CNCCO1. The average Bonchev–Trinajstić information content (AvgIpc) is 1.90. The zero-order valence-electron chi connectivity index (χ0n) is 5.37. The molecule has 0 amide bonds. The van der Waals surface area contributed by atoms with Crippen molar-refractivity contribution in [1.29, 1.82) is 0 Å². The molecular formula is C5H10ClNO3. The van der Waals surface area contributed by atoms with Crippen LogP contribution in [0.5, 0.6) is 0 Å². The topological polar surface area (TPSA) is 58.6 Å². The van der Waals surface area contributed by atoms with Crippen LogP contribution in [0.15, 0.2) is 0 Å². The van der Waals surface area contributed by atoms with E-state index in [1.807, 2.05) is 0 Å². The van der Waals surface area contributed by atoms with Crippen LogP contribution in [0.25, 0.3) is 0 Å². The van der Waals surface area contributed by atoms with Gasteiger partial charge in [-0.2, -0.15) is 0 Å². The molecule has 0 saturated carbocycles. The molecule has 60 valence electrons. The molecule has 1 heterocycles. The average molecular weight is 168 g/mol. The molecule has 0 aromatic heterocycles. The summed E-state index contributed by atoms with van der Waals surface area (Å²) in [4.78, 5) is 10.2. The number of carbonyl (C=O) groups is 1. The van der Waals surface area contributed by atoms with E-state index in [9.17, 15) is 4.79 Å². The fourth-order valence-corrected chi connectivity index (χ4v) is 0.724. The van der Waals surface area contributed by atoms with Crippen LogP contribution in [-0.4, -0.2) is 36.9 Å². The molecule has 1 aliphatic heterocycles. The predicted octanol–water partition coefficient (Wildman–Crippen LogP) is -0.519. The number of carboxylic acids is 1. The number of ether oxygens (including phenoxy) is 1. The van der Waals surface area contributed by atoms with Crippen molar-refractivity contribution in [1.82, 2.24) is 5.32 Å². The van der Waals surface area contributed by atoms with Gasteiger partial charge in [-0.25, -0.2) is 4.79 Å². The minimum Gasteiger partial charge on any atom is -0.479 e. The van der Waals surface area contributed by atoms with E-state index in [0.717, 1.165) is 6.54 Å². The molecule has 0 aromatic carbocycles. The number of halogens is 1. The summed E-state index contributed by atoms with van der Waals surface area (Å²) < 4.78 is 4.88. The number of rotatable bonds is 1. The van der Waals surface area contributed by atoms with Gasteiger partial charge in [-0.3, -0.25) is 0 Å². The van der Waals surface area contributed by atoms with Gasteiger partial charge in [0.05, 0.1) is 6.61 Å². The Morgan fingerprint density at radius 1 is 1.70 bits per heavy atom. The molecule has 5 heteroatoms. The third-order valence-electron chi connectivity index (χ3n) is 1.20. The molecular weight excluding hydrogens is 158 g/mol. The molecule has 0 aromatic rings. The van der Waals surface area contributed by atoms with Gasteiger partial charge in [0.2, 0.25) is 0 Å². The van der Waals surface area contributed by atoms with Crippen LogP contribution in [0.3, 0.4) is 0 Å². The maximum atomic E-state index is 10.2. The second-order valence-corrected chi connectivity index (χ2v) is 1.90. The summed E-state index contributed by atoms with van der Waals surface area (Å²) in [5.74, 6) is -0.887. The van der Waals surface area contributed by atoms with Crippen LogP contribution in [0.2, 0.25) is 0 Å². The molecule has 0 aliphatic carbocycles. The van der Waals surface area contributed by atoms with Gasteiger partial charge in [-0.15, -0.1) is 12.4 Å². The molecule has 1 saturated heterocycles. The van der Waals surface area contributed by atoms with Crippen molar-refractivity contribution in [3.8, 4) is 0 Å². The van der Waals surface area contributed by atoms with Crippen LogP contribution in [0.4, 0.5) is 0 Å². The Morgan fingerprint density at radius 2 is 2.40 bits per heavy atom. The van der Waals surface area contributed by atoms with Crippen LogP contribution in [-0.2, 0) is 9.53 Å². The van der Waals surface area contributed by atoms with E-state index in [-0.39, 0.29) is 12.4 Å². The van der Waals surface area contributed by atoms with Crippen LogP contribution in [0, 0.1) is 0 Å². The largest absolute Gasteiger partial charge is 0.479 e. The highest BCUT2D eigenvalue weighted by Crippen LogP contribution is 1.94. The minimum atomic E-state index is -0.887. The first kappa shape index (κ1) is 9.68. The molecule has 0 unspecified atom stereocenters. The molecule has 1 aliphatic rings. The lowest BCUT2D eigenvalue weighted by Crippen LogP contribution is -2.42. The Labute approximate surface area is 65.0 Å². The second kappa shape index (κ2) is 4.49. The summed E-state index contributed by atoms with van der Waals surface area (Å²) in [5, 5.41) is 11.3. The summed E-state index contributed by atoms with van der Waals surface area (Å²) in [6.45, 7) is 1.68. The maximum Gasteiger partial charge on any atom is 0.334 e. The van der Waals surface area contributed by atoms with E-state index in [1.165, 1.54) is 0 Å². The normalized spacial score (nSPS) is 25.0. The number of hydrogen-bond acceptors (Lipinski definition) is 3. The Bertz CT molecular complexity index is 113. The fourth-order valence-electron chi connectivity index (χ4n) is 0.724. The van der Waals surface area contributed by atoms with Crippen LogP contribution >= 0.6 is 12.4 Å². The van der Waals surface area contributed by atoms with Gasteiger partial charge in [0.1, 0.15) is 0 Å². The van der Waals surface area contributed by atoms with Crippen molar-refractivity contribution < 1.29 is 14.6 Å². The molecule has 1 rings (SSSR count). The van der Waals surface area contributed by atoms with E-state index in [2.05, 4.69) is 5.32 Å². The zero-order chi connectivity index (χ0) is 6.69. The summed E-state index contributed by atoms with van der Waals surface area (Å²) in [6.07, 6.45) is -0.640. The summed E-state index contributed by atoms with van der Waals surface area (Å²) in [6, 6.07) is 0. The van der Waals surface area contributed by atoms with Crippen LogP contribution < -0.4 is 5.32 Å². The predicted molar refractivity (Wildman–Crippen MR) is 37.5 cm³/mol. The maximum absolute atomic E-state index is 10.2. The van der Waals surface area contributed by atoms with Gasteiger partial charge >= 0.3 is 5.97 Å². The van der Waals surface area contributed by atoms with Crippen molar-refractivity contribution in [3.63, 3.8) is 0 Å². The third kappa shape index (κ3) is 2.51. The first-order valence-electron chi connectivity index (χ1n) is 2.86. The molecule has 0 bridgehead atoms. The van der Waals surface area contributed by atoms with Gasteiger partial charge in [-0.1, -0.05) is 0 Å². The lowest BCUT2D eigenvalue weighted by atomic mass is 10.3. The number of carboxylic acid groups (broad SMARTS) is 1. The van der Waals surface area contributed by atoms with Crippen LogP contribution in [0.1, 0.15) is 0 Å². The van der Waals surface area contributed by atoms with Crippen molar-refractivity contribution in [3.05, 3.63) is 0 Å². The smallest absolute Gasteiger partial charge is 0.334 e. The van der Waals surface area contributed by atoms with Crippen molar-refractivity contribution in [2.75, 3.05) is 19.7 Å². The van der Waals surface area contributed by atoms with E-state index >= 15 is 0 Å². The molecule has 2 N–H and O–H groups in total. The molecule has 0 spiro atoms. The van der Waals surface area contributed by atoms with Gasteiger partial charge in [0.25, 0.3) is 0 Å². The fraction of sp³-hybridized carbons (Fsp3) is 0.800. The Kier molecular flexibility index (Phi) is 4.34. The Hall–Kier alpha value is -0.320. The van der Waals surface area contributed by atoms with Gasteiger partial charge in [0.15, 0.2) is 6.10 Å². The van der Waals surface area contributed by atoms with E-state index in [0.29, 0.717) is 13.2 Å². The quantitative estimate of drug-likeness (QED) is 0.552. The monoisotopic (exact) mass is 167 g/mol. The molecule has 4 nitrogen and oxygen atoms in total. The molecule has 0 radical (unpaired) electrons. The first-order chi connectivity index (χ1) is 4.30. The highest BCUT2D eigenvalue weighted by Gasteiger charge is 2.19. The Morgan fingerprint density at radius 3 is 2.70 bits per heavy atom. The Balaban J connectivity index is 0.000000810. The highest BCUT2D eigenvalue weighted by molar-refractivity contribution is 5.85. The van der Waals surface area contributed by atoms with Gasteiger partial charge < -0.3 is 15.2 Å². The number of nitrogens with one attached hydrogen (secondary N) is 1. The second-order valence-electron chi connectivity index (χ2n) is 1.90. The third-order valence-corrected chi connectivity index (χ3v) is 1.20. The molecule has 1 atom stereocenters. The number of hydrogen-bond donors (Lipinski definition) is 2. The lowest BCUT2D eigenvalue weighted by molar-refractivity contribution is -0.151. The van der Waals surface area contributed by atoms with E-state index in [4.69, 9.17) is 9.84 Å². The molecule has 1 fully saturated rings. The van der Waals surface area contributed by atoms with Crippen molar-refractivity contribution in [2.45, 2.75) is 6.10 Å². The summed E-state index contributed by atoms with van der Waals surface area (Å²) in [7, 11) is 0. The summed E-state index contributed by atoms with van der Waals surface area (Å²) >= 11 is 0. The number of morpholine rings is 1. The number of aliphatic carboxylic acids is 1. The van der Waals surface area contributed by atoms with E-state index in [1.54, 1.807) is 0 Å². The van der Waals surface area contributed by atoms with E-state index < -0.39 is 12.1 Å². The highest BCUT2D eigenvalue weighted by atomic mass is 35.5. The molecule has 10 heavy (non-hydrogen) atoms. The van der Waals surface area contributed by atoms with Crippen molar-refractivity contribution in [2.24, 2.45) is 0 Å². The minimum absolute atomic E-state index is 0. The lowest BCUT2D eigenvalue weighted by Gasteiger charge is -2.19. The summed E-state index contributed by atoms with van der Waals surface area (Å²) in [5.41, 5.74) is 0.